The van der Waals surface area contributed by atoms with Crippen LogP contribution < -0.4 is 15.8 Å². The van der Waals surface area contributed by atoms with Crippen molar-refractivity contribution in [3.05, 3.63) is 52.8 Å². The van der Waals surface area contributed by atoms with Crippen molar-refractivity contribution in [3.8, 4) is 5.75 Å². The summed E-state index contributed by atoms with van der Waals surface area (Å²) in [6.07, 6.45) is 0. The number of ether oxygens (including phenoxy) is 2. The van der Waals surface area contributed by atoms with Gasteiger partial charge in [0.05, 0.1) is 18.7 Å². The number of nitrogens with zero attached hydrogens (tertiary/aromatic N) is 2. The molecular weight excluding hydrogens is 431 g/mol. The van der Waals surface area contributed by atoms with Crippen LogP contribution >= 0.6 is 15.9 Å². The number of halogens is 2. The molecule has 0 saturated heterocycles. The van der Waals surface area contributed by atoms with Gasteiger partial charge in [-0.2, -0.15) is 0 Å². The molecule has 3 rings (SSSR count). The maximum Gasteiger partial charge on any atom is 0.286 e. The fourth-order valence-electron chi connectivity index (χ4n) is 2.48. The number of anilines is 2. The Morgan fingerprint density at radius 2 is 2.00 bits per heavy atom. The Hall–Kier alpha value is -2.78. The number of carbonyl (C=O) groups excluding carboxylic acids is 1. The summed E-state index contributed by atoms with van der Waals surface area (Å²) in [5.41, 5.74) is 6.67. The molecule has 0 fully saturated rings. The first-order valence-electron chi connectivity index (χ1n) is 8.47. The lowest BCUT2D eigenvalue weighted by Crippen LogP contribution is -2.16. The highest BCUT2D eigenvalue weighted by Gasteiger charge is 2.13. The first-order chi connectivity index (χ1) is 13.6. The molecule has 2 aromatic carbocycles. The van der Waals surface area contributed by atoms with Crippen LogP contribution in [0.2, 0.25) is 0 Å². The zero-order chi connectivity index (χ0) is 19.9. The van der Waals surface area contributed by atoms with Gasteiger partial charge < -0.3 is 20.5 Å². The molecule has 0 radical (unpaired) electrons. The summed E-state index contributed by atoms with van der Waals surface area (Å²) < 4.78 is 23.5. The second-order valence-electron chi connectivity index (χ2n) is 5.72. The maximum absolute atomic E-state index is 12.0. The Labute approximate surface area is 169 Å². The van der Waals surface area contributed by atoms with Gasteiger partial charge >= 0.3 is 0 Å². The van der Waals surface area contributed by atoms with Crippen LogP contribution in [0.25, 0.3) is 10.9 Å². The van der Waals surface area contributed by atoms with Gasteiger partial charge in [0, 0.05) is 21.6 Å². The summed E-state index contributed by atoms with van der Waals surface area (Å²) >= 11 is 3.42. The normalized spacial score (nSPS) is 10.8. The van der Waals surface area contributed by atoms with Crippen molar-refractivity contribution in [2.45, 2.75) is 0 Å². The zero-order valence-corrected chi connectivity index (χ0v) is 16.4. The van der Waals surface area contributed by atoms with Crippen molar-refractivity contribution in [2.75, 3.05) is 31.8 Å². The maximum atomic E-state index is 12.0. The van der Waals surface area contributed by atoms with E-state index in [1.807, 2.05) is 24.3 Å². The molecule has 3 aromatic rings. The summed E-state index contributed by atoms with van der Waals surface area (Å²) in [4.78, 5) is 20.1. The molecule has 0 aliphatic carbocycles. The molecule has 0 atom stereocenters. The first-order valence-corrected chi connectivity index (χ1v) is 9.27. The number of nitrogens with one attached hydrogen (secondary N) is 1. The van der Waals surface area contributed by atoms with E-state index in [2.05, 4.69) is 31.2 Å². The average Bonchev–Trinajstić information content (AvgIpc) is 2.67. The average molecular weight is 449 g/mol. The minimum absolute atomic E-state index is 0.0426. The van der Waals surface area contributed by atoms with Crippen LogP contribution in [-0.2, 0) is 4.74 Å². The third-order valence-electron chi connectivity index (χ3n) is 3.69. The van der Waals surface area contributed by atoms with Gasteiger partial charge in [-0.25, -0.2) is 14.4 Å². The number of carbonyl (C=O) groups is 1. The highest BCUT2D eigenvalue weighted by Crippen LogP contribution is 2.28. The van der Waals surface area contributed by atoms with Gasteiger partial charge in [-0.1, -0.05) is 22.0 Å². The molecular formula is C19H18BrFN4O3. The summed E-state index contributed by atoms with van der Waals surface area (Å²) in [6, 6.07) is 12.8. The highest BCUT2D eigenvalue weighted by atomic mass is 79.9. The van der Waals surface area contributed by atoms with Crippen molar-refractivity contribution in [1.29, 1.82) is 0 Å². The second kappa shape index (κ2) is 9.43. The zero-order valence-electron chi connectivity index (χ0n) is 14.8. The lowest BCUT2D eigenvalue weighted by Gasteiger charge is -2.12. The van der Waals surface area contributed by atoms with Gasteiger partial charge in [0.25, 0.3) is 5.91 Å². The molecule has 0 aliphatic heterocycles. The topological polar surface area (TPSA) is 99.4 Å². The fourth-order valence-corrected chi connectivity index (χ4v) is 2.88. The summed E-state index contributed by atoms with van der Waals surface area (Å²) in [7, 11) is 0. The van der Waals surface area contributed by atoms with Gasteiger partial charge in [-0.05, 0) is 30.3 Å². The van der Waals surface area contributed by atoms with Crippen molar-refractivity contribution in [1.82, 2.24) is 9.97 Å². The van der Waals surface area contributed by atoms with E-state index >= 15 is 0 Å². The Kier molecular flexibility index (Phi) is 6.72. The third-order valence-corrected chi connectivity index (χ3v) is 4.19. The van der Waals surface area contributed by atoms with Gasteiger partial charge in [0.2, 0.25) is 5.82 Å². The van der Waals surface area contributed by atoms with E-state index in [1.165, 1.54) is 0 Å². The molecule has 1 amide bonds. The molecule has 1 heterocycles. The van der Waals surface area contributed by atoms with Crippen LogP contribution in [0.15, 0.2) is 46.9 Å². The predicted octanol–water partition coefficient (Wildman–Crippen LogP) is 3.60. The van der Waals surface area contributed by atoms with Crippen LogP contribution in [-0.4, -0.2) is 42.4 Å². The predicted molar refractivity (Wildman–Crippen MR) is 108 cm³/mol. The Morgan fingerprint density at radius 3 is 2.75 bits per heavy atom. The van der Waals surface area contributed by atoms with E-state index < -0.39 is 12.6 Å². The SMILES string of the molecule is NC(=O)c1nc(Nc2cccc(Br)c2)c2ccc(OCCOCCF)cc2n1. The van der Waals surface area contributed by atoms with E-state index in [-0.39, 0.29) is 25.6 Å². The molecule has 0 aliphatic rings. The molecule has 0 bridgehead atoms. The van der Waals surface area contributed by atoms with Crippen molar-refractivity contribution < 1.29 is 18.7 Å². The molecule has 0 spiro atoms. The van der Waals surface area contributed by atoms with Gasteiger partial charge in [0.15, 0.2) is 0 Å². The number of nitrogens with two attached hydrogens (primary N) is 1. The Morgan fingerprint density at radius 1 is 1.14 bits per heavy atom. The number of rotatable bonds is 9. The number of benzene rings is 2. The largest absolute Gasteiger partial charge is 0.491 e. The number of hydrogen-bond acceptors (Lipinski definition) is 6. The molecule has 3 N–H and O–H groups in total. The number of aromatic nitrogens is 2. The van der Waals surface area contributed by atoms with Gasteiger partial charge in [-0.15, -0.1) is 0 Å². The molecule has 9 heteroatoms. The summed E-state index contributed by atoms with van der Waals surface area (Å²) in [5.74, 6) is 0.159. The van der Waals surface area contributed by atoms with E-state index in [4.69, 9.17) is 15.2 Å². The molecule has 28 heavy (non-hydrogen) atoms. The molecule has 0 unspecified atom stereocenters. The molecule has 0 saturated carbocycles. The van der Waals surface area contributed by atoms with Crippen molar-refractivity contribution in [3.63, 3.8) is 0 Å². The van der Waals surface area contributed by atoms with Crippen LogP contribution in [0.3, 0.4) is 0 Å². The summed E-state index contributed by atoms with van der Waals surface area (Å²) in [6.45, 7) is 0.0494. The lowest BCUT2D eigenvalue weighted by molar-refractivity contribution is 0.0897. The van der Waals surface area contributed by atoms with Crippen molar-refractivity contribution >= 4 is 44.2 Å². The molecule has 7 nitrogen and oxygen atoms in total. The standard InChI is InChI=1S/C19H18BrFN4O3/c20-12-2-1-3-13(10-12)23-18-15-5-4-14(28-9-8-27-7-6-21)11-16(15)24-19(25-18)17(22)26/h1-5,10-11H,6-9H2,(H2,22,26)(H,23,24,25). The minimum Gasteiger partial charge on any atom is -0.491 e. The number of fused-ring (bicyclic) bond motifs is 1. The van der Waals surface area contributed by atoms with Crippen LogP contribution in [0.4, 0.5) is 15.9 Å². The number of hydrogen-bond donors (Lipinski definition) is 2. The van der Waals surface area contributed by atoms with E-state index in [1.54, 1.807) is 18.2 Å². The quantitative estimate of drug-likeness (QED) is 0.485. The lowest BCUT2D eigenvalue weighted by atomic mass is 10.2. The second-order valence-corrected chi connectivity index (χ2v) is 6.64. The minimum atomic E-state index is -0.731. The number of primary amides is 1. The van der Waals surface area contributed by atoms with Gasteiger partial charge in [-0.3, -0.25) is 4.79 Å². The third kappa shape index (κ3) is 5.14. The van der Waals surface area contributed by atoms with E-state index in [0.29, 0.717) is 22.5 Å². The van der Waals surface area contributed by atoms with E-state index in [9.17, 15) is 9.18 Å². The Bertz CT molecular complexity index is 987. The fraction of sp³-hybridized carbons (Fsp3) is 0.211. The highest BCUT2D eigenvalue weighted by molar-refractivity contribution is 9.10. The Balaban J connectivity index is 1.88. The van der Waals surface area contributed by atoms with E-state index in [0.717, 1.165) is 10.2 Å². The smallest absolute Gasteiger partial charge is 0.286 e. The van der Waals surface area contributed by atoms with Crippen LogP contribution in [0.5, 0.6) is 5.75 Å². The summed E-state index contributed by atoms with van der Waals surface area (Å²) in [5, 5.41) is 3.88. The molecule has 146 valence electrons. The van der Waals surface area contributed by atoms with Crippen LogP contribution in [0.1, 0.15) is 10.6 Å². The van der Waals surface area contributed by atoms with Crippen molar-refractivity contribution in [2.24, 2.45) is 5.73 Å². The molecule has 1 aromatic heterocycles. The first kappa shape index (κ1) is 20.0. The van der Waals surface area contributed by atoms with Crippen LogP contribution in [0, 0.1) is 0 Å². The number of alkyl halides is 1. The monoisotopic (exact) mass is 448 g/mol. The van der Waals surface area contributed by atoms with Gasteiger partial charge in [0.1, 0.15) is 24.8 Å². The number of amides is 1.